The number of nitrogens with zero attached hydrogens (tertiary/aromatic N) is 7. The van der Waals surface area contributed by atoms with Crippen LogP contribution in [0.4, 0.5) is 32.1 Å². The molecular weight excluding hydrogens is 438 g/mol. The predicted octanol–water partition coefficient (Wildman–Crippen LogP) is 4.55. The van der Waals surface area contributed by atoms with Crippen molar-refractivity contribution in [3.8, 4) is 11.8 Å². The van der Waals surface area contributed by atoms with Gasteiger partial charge in [0.25, 0.3) is 0 Å². The molecule has 8 nitrogen and oxygen atoms in total. The third-order valence-corrected chi connectivity index (χ3v) is 5.26. The highest BCUT2D eigenvalue weighted by atomic mass is 35.5. The summed E-state index contributed by atoms with van der Waals surface area (Å²) in [5.74, 6) is -0.961. The molecule has 1 aliphatic rings. The Bertz CT molecular complexity index is 1360. The van der Waals surface area contributed by atoms with E-state index in [0.29, 0.717) is 52.8 Å². The van der Waals surface area contributed by atoms with E-state index in [9.17, 15) is 14.0 Å². The van der Waals surface area contributed by atoms with Gasteiger partial charge in [-0.2, -0.15) is 10.2 Å². The zero-order valence-corrected chi connectivity index (χ0v) is 17.3. The van der Waals surface area contributed by atoms with E-state index < -0.39 is 11.6 Å². The van der Waals surface area contributed by atoms with Gasteiger partial charge in [-0.3, -0.25) is 0 Å². The maximum Gasteiger partial charge on any atom is 0.248 e. The van der Waals surface area contributed by atoms with Gasteiger partial charge in [0.15, 0.2) is 11.6 Å². The molecule has 0 atom stereocenters. The second-order valence-electron chi connectivity index (χ2n) is 7.13. The predicted molar refractivity (Wildman–Crippen MR) is 115 cm³/mol. The number of anilines is 4. The Morgan fingerprint density at radius 3 is 2.72 bits per heavy atom. The quantitative estimate of drug-likeness (QED) is 0.488. The van der Waals surface area contributed by atoms with Crippen molar-refractivity contribution in [2.45, 2.75) is 13.0 Å². The van der Waals surface area contributed by atoms with Gasteiger partial charge in [-0.1, -0.05) is 11.6 Å². The molecule has 1 aliphatic heterocycles. The second-order valence-corrected chi connectivity index (χ2v) is 7.52. The molecule has 2 aromatic heterocycles. The number of aryl methyl sites for hydroxylation is 1. The Morgan fingerprint density at radius 2 is 1.97 bits per heavy atom. The van der Waals surface area contributed by atoms with Crippen molar-refractivity contribution in [3.63, 3.8) is 0 Å². The summed E-state index contributed by atoms with van der Waals surface area (Å²) in [6, 6.07) is 11.1. The normalized spacial score (nSPS) is 13.0. The molecule has 11 heteroatoms. The molecule has 1 N–H and O–H groups in total. The average Bonchev–Trinajstić information content (AvgIpc) is 3.41. The summed E-state index contributed by atoms with van der Waals surface area (Å²) >= 11 is 5.88. The first-order valence-corrected chi connectivity index (χ1v) is 10.1. The van der Waals surface area contributed by atoms with Crippen molar-refractivity contribution < 1.29 is 8.78 Å². The van der Waals surface area contributed by atoms with Crippen molar-refractivity contribution >= 4 is 34.9 Å². The van der Waals surface area contributed by atoms with E-state index in [2.05, 4.69) is 26.5 Å². The van der Waals surface area contributed by atoms with E-state index in [1.807, 2.05) is 0 Å². The number of hydrogen-bond acceptors (Lipinski definition) is 6. The minimum atomic E-state index is -0.916. The molecule has 0 saturated carbocycles. The van der Waals surface area contributed by atoms with E-state index in [4.69, 9.17) is 11.6 Å². The molecule has 4 aromatic rings. The lowest BCUT2D eigenvalue weighted by Gasteiger charge is -2.27. The Hall–Kier alpha value is -3.97. The van der Waals surface area contributed by atoms with Crippen LogP contribution in [0.1, 0.15) is 12.0 Å². The minimum Gasteiger partial charge on any atom is -0.323 e. The third kappa shape index (κ3) is 3.63. The molecule has 160 valence electrons. The smallest absolute Gasteiger partial charge is 0.248 e. The SMILES string of the molecule is N#Cc1cc(Nc2nc3n(n2)CCCN3c2ccc(F)c(F)c2)ccc1-n1cnc(Cl)c1. The number of benzene rings is 2. The van der Waals surface area contributed by atoms with Crippen LogP contribution in [0.25, 0.3) is 5.69 Å². The first-order valence-electron chi connectivity index (χ1n) is 9.70. The molecular formula is C21H15ClF2N8. The number of fused-ring (bicyclic) bond motifs is 1. The molecule has 0 unspecified atom stereocenters. The standard InChI is InChI=1S/C21H15ClF2N8/c22-19-11-30(12-26-19)18-5-2-14(8-13(18)10-25)27-20-28-21-31(6-1-7-32(21)29-20)15-3-4-16(23)17(24)9-15/h2-5,8-9,11-12H,1,6-7H2,(H,27,29). The van der Waals surface area contributed by atoms with Crippen LogP contribution in [0.5, 0.6) is 0 Å². The van der Waals surface area contributed by atoms with Crippen LogP contribution >= 0.6 is 11.6 Å². The third-order valence-electron chi connectivity index (χ3n) is 5.06. The first-order chi connectivity index (χ1) is 15.5. The molecule has 32 heavy (non-hydrogen) atoms. The molecule has 5 rings (SSSR count). The van der Waals surface area contributed by atoms with Gasteiger partial charge in [-0.15, -0.1) is 5.10 Å². The lowest BCUT2D eigenvalue weighted by molar-refractivity contribution is 0.506. The van der Waals surface area contributed by atoms with E-state index in [0.717, 1.165) is 18.6 Å². The molecule has 2 aromatic carbocycles. The number of halogens is 3. The molecule has 0 aliphatic carbocycles. The molecule has 0 fully saturated rings. The molecule has 0 radical (unpaired) electrons. The monoisotopic (exact) mass is 452 g/mol. The van der Waals surface area contributed by atoms with E-state index in [1.54, 1.807) is 38.5 Å². The minimum absolute atomic E-state index is 0.328. The lowest BCUT2D eigenvalue weighted by atomic mass is 10.1. The lowest BCUT2D eigenvalue weighted by Crippen LogP contribution is -2.28. The summed E-state index contributed by atoms with van der Waals surface area (Å²) in [4.78, 5) is 10.3. The van der Waals surface area contributed by atoms with Gasteiger partial charge in [0.1, 0.15) is 17.5 Å². The summed E-state index contributed by atoms with van der Waals surface area (Å²) in [6.07, 6.45) is 3.92. The fraction of sp³-hybridized carbons (Fsp3) is 0.143. The van der Waals surface area contributed by atoms with Crippen molar-refractivity contribution in [2.24, 2.45) is 0 Å². The number of aromatic nitrogens is 5. The summed E-state index contributed by atoms with van der Waals surface area (Å²) < 4.78 is 30.4. The Morgan fingerprint density at radius 1 is 1.09 bits per heavy atom. The summed E-state index contributed by atoms with van der Waals surface area (Å²) in [7, 11) is 0. The van der Waals surface area contributed by atoms with Crippen molar-refractivity contribution in [1.82, 2.24) is 24.3 Å². The zero-order valence-electron chi connectivity index (χ0n) is 16.5. The van der Waals surface area contributed by atoms with Gasteiger partial charge in [0, 0.05) is 36.7 Å². The highest BCUT2D eigenvalue weighted by Crippen LogP contribution is 2.30. The number of nitrogens with one attached hydrogen (secondary N) is 1. The van der Waals surface area contributed by atoms with Crippen LogP contribution in [-0.2, 0) is 6.54 Å². The highest BCUT2D eigenvalue weighted by molar-refractivity contribution is 6.29. The molecule has 0 spiro atoms. The number of imidazole rings is 1. The summed E-state index contributed by atoms with van der Waals surface area (Å²) in [5, 5.41) is 17.5. The zero-order chi connectivity index (χ0) is 22.2. The topological polar surface area (TPSA) is 87.6 Å². The average molecular weight is 453 g/mol. The van der Waals surface area contributed by atoms with Crippen LogP contribution in [0.15, 0.2) is 48.9 Å². The van der Waals surface area contributed by atoms with Gasteiger partial charge in [0.05, 0.1) is 11.3 Å². The summed E-state index contributed by atoms with van der Waals surface area (Å²) in [6.45, 7) is 1.25. The fourth-order valence-corrected chi connectivity index (χ4v) is 3.75. The number of rotatable bonds is 4. The Kier molecular flexibility index (Phi) is 4.95. The largest absolute Gasteiger partial charge is 0.323 e. The van der Waals surface area contributed by atoms with E-state index in [-0.39, 0.29) is 0 Å². The first kappa shape index (κ1) is 20.0. The maximum absolute atomic E-state index is 13.7. The van der Waals surface area contributed by atoms with Gasteiger partial charge >= 0.3 is 0 Å². The molecule has 3 heterocycles. The fourth-order valence-electron chi connectivity index (χ4n) is 3.60. The van der Waals surface area contributed by atoms with Crippen molar-refractivity contribution in [2.75, 3.05) is 16.8 Å². The molecule has 0 amide bonds. The van der Waals surface area contributed by atoms with Crippen LogP contribution in [0.3, 0.4) is 0 Å². The van der Waals surface area contributed by atoms with Crippen molar-refractivity contribution in [3.05, 3.63) is 71.3 Å². The second kappa shape index (κ2) is 7.94. The van der Waals surface area contributed by atoms with Gasteiger partial charge in [-0.25, -0.2) is 18.4 Å². The van der Waals surface area contributed by atoms with Gasteiger partial charge < -0.3 is 14.8 Å². The van der Waals surface area contributed by atoms with Gasteiger partial charge in [0.2, 0.25) is 11.9 Å². The number of hydrogen-bond donors (Lipinski definition) is 1. The van der Waals surface area contributed by atoms with Crippen LogP contribution in [0, 0.1) is 23.0 Å². The van der Waals surface area contributed by atoms with Crippen LogP contribution < -0.4 is 10.2 Å². The van der Waals surface area contributed by atoms with Crippen LogP contribution in [0.2, 0.25) is 5.15 Å². The Balaban J connectivity index is 1.43. The van der Waals surface area contributed by atoms with E-state index >= 15 is 0 Å². The highest BCUT2D eigenvalue weighted by Gasteiger charge is 2.23. The van der Waals surface area contributed by atoms with Crippen LogP contribution in [-0.4, -0.2) is 30.9 Å². The maximum atomic E-state index is 13.7. The summed E-state index contributed by atoms with van der Waals surface area (Å²) in [5.41, 5.74) is 2.17. The Labute approximate surface area is 186 Å². The molecule has 0 saturated heterocycles. The molecule has 0 bridgehead atoms. The number of nitriles is 1. The van der Waals surface area contributed by atoms with Crippen molar-refractivity contribution in [1.29, 1.82) is 5.26 Å². The van der Waals surface area contributed by atoms with E-state index in [1.165, 1.54) is 12.4 Å². The van der Waals surface area contributed by atoms with Gasteiger partial charge in [-0.05, 0) is 36.8 Å².